The van der Waals surface area contributed by atoms with Gasteiger partial charge in [-0.15, -0.1) is 0 Å². The fourth-order valence-corrected chi connectivity index (χ4v) is 1.70. The molecule has 1 aliphatic rings. The van der Waals surface area contributed by atoms with Crippen LogP contribution in [0, 0.1) is 0 Å². The zero-order valence-electron chi connectivity index (χ0n) is 15.2. The number of hydrogen-bond donors (Lipinski definition) is 0. The first-order valence-electron chi connectivity index (χ1n) is 7.01. The molecule has 0 atom stereocenters. The van der Waals surface area contributed by atoms with E-state index in [2.05, 4.69) is 28.2 Å². The molecule has 17 heteroatoms. The maximum atomic E-state index is 11.5. The highest BCUT2D eigenvalue weighted by Crippen LogP contribution is 2.21. The lowest BCUT2D eigenvalue weighted by molar-refractivity contribution is -0.927. The fraction of sp³-hybridized carbons (Fsp3) is 0.909. The van der Waals surface area contributed by atoms with E-state index in [-0.39, 0.29) is 0 Å². The summed E-state index contributed by atoms with van der Waals surface area (Å²) in [5, 5.41) is 0. The molecule has 9 nitrogen and oxygen atoms in total. The molecular weight excluding hydrogens is 450 g/mol. The van der Waals surface area contributed by atoms with E-state index >= 15 is 0 Å². The lowest BCUT2D eigenvalue weighted by Gasteiger charge is -2.28. The molecule has 0 radical (unpaired) electrons. The summed E-state index contributed by atoms with van der Waals surface area (Å²) in [7, 11) is -3.67. The van der Waals surface area contributed by atoms with Gasteiger partial charge in [-0.3, -0.25) is 4.79 Å². The first kappa shape index (κ1) is 29.2. The van der Waals surface area contributed by atoms with Gasteiger partial charge in [0.2, 0.25) is 5.78 Å². The first-order valence-corrected chi connectivity index (χ1v) is 9.82. The molecule has 1 aliphatic heterocycles. The summed E-state index contributed by atoms with van der Waals surface area (Å²) in [6.07, 6.45) is 0. The van der Waals surface area contributed by atoms with E-state index in [0.717, 1.165) is 22.1 Å². The third kappa shape index (κ3) is 12.4. The van der Waals surface area contributed by atoms with Gasteiger partial charge in [0, 0.05) is 0 Å². The average Bonchev–Trinajstić information content (AvgIpc) is 2.40. The summed E-state index contributed by atoms with van der Waals surface area (Å²) in [4.78, 5) is 11.5. The first-order chi connectivity index (χ1) is 11.8. The summed E-state index contributed by atoms with van der Waals surface area (Å²) < 4.78 is 120. The normalized spacial score (nSPS) is 20.1. The largest absolute Gasteiger partial charge is 0.741 e. The Morgan fingerprint density at radius 2 is 0.893 bits per heavy atom. The van der Waals surface area contributed by atoms with Gasteiger partial charge in [-0.25, -0.2) is 16.8 Å². The zero-order valence-corrected chi connectivity index (χ0v) is 16.8. The number of Topliss-reactive ketones (excluding diaryl/α,β-unsaturated/α-hetero) is 1. The number of ketones is 1. The van der Waals surface area contributed by atoms with Crippen molar-refractivity contribution in [2.75, 3.05) is 54.4 Å². The Balaban J connectivity index is 0. The van der Waals surface area contributed by atoms with Gasteiger partial charge in [0.15, 0.2) is 20.2 Å². The van der Waals surface area contributed by atoms with E-state index in [1.165, 1.54) is 0 Å². The second kappa shape index (κ2) is 9.21. The lowest BCUT2D eigenvalue weighted by Crippen LogP contribution is -2.46. The molecule has 0 unspecified atom stereocenters. The summed E-state index contributed by atoms with van der Waals surface area (Å²) in [5.74, 6) is 0.391. The number of likely N-dealkylation sites (N-methyl/N-ethyl adjacent to an activating group) is 2. The molecule has 0 amide bonds. The Morgan fingerprint density at radius 1 is 0.714 bits per heavy atom. The molecule has 0 aliphatic carbocycles. The molecular formula is C11H20F6N2O7S2. The van der Waals surface area contributed by atoms with Gasteiger partial charge in [-0.2, -0.15) is 26.3 Å². The summed E-state index contributed by atoms with van der Waals surface area (Å²) in [5.41, 5.74) is -11.3. The van der Waals surface area contributed by atoms with Crippen LogP contribution < -0.4 is 0 Å². The molecule has 0 N–H and O–H groups in total. The minimum absolute atomic E-state index is 0.391. The van der Waals surface area contributed by atoms with E-state index in [0.29, 0.717) is 18.9 Å². The van der Waals surface area contributed by atoms with Crippen molar-refractivity contribution in [3.05, 3.63) is 0 Å². The highest BCUT2D eigenvalue weighted by Gasteiger charge is 2.37. The second-order valence-electron chi connectivity index (χ2n) is 6.97. The molecule has 1 saturated heterocycles. The molecule has 0 aromatic rings. The second-order valence-corrected chi connectivity index (χ2v) is 9.72. The number of carbonyl (C=O) groups is 1. The van der Waals surface area contributed by atoms with Crippen molar-refractivity contribution in [2.24, 2.45) is 0 Å². The van der Waals surface area contributed by atoms with Crippen LogP contribution in [-0.2, 0) is 25.0 Å². The summed E-state index contributed by atoms with van der Waals surface area (Å²) in [6, 6.07) is 0. The summed E-state index contributed by atoms with van der Waals surface area (Å²) in [6.45, 7) is 3.58. The van der Waals surface area contributed by atoms with Crippen molar-refractivity contribution in [3.8, 4) is 0 Å². The van der Waals surface area contributed by atoms with E-state index in [9.17, 15) is 31.1 Å². The van der Waals surface area contributed by atoms with Crippen molar-refractivity contribution in [2.45, 2.75) is 11.0 Å². The number of carbonyl (C=O) groups excluding carboxylic acids is 1. The minimum atomic E-state index is -6.09. The van der Waals surface area contributed by atoms with Crippen LogP contribution in [0.15, 0.2) is 0 Å². The van der Waals surface area contributed by atoms with Crippen LogP contribution in [0.2, 0.25) is 0 Å². The Kier molecular flexibility index (Phi) is 9.60. The number of hydrogen-bond acceptors (Lipinski definition) is 7. The topological polar surface area (TPSA) is 131 Å². The molecule has 0 bridgehead atoms. The highest BCUT2D eigenvalue weighted by atomic mass is 32.2. The van der Waals surface area contributed by atoms with Crippen molar-refractivity contribution in [1.29, 1.82) is 0 Å². The highest BCUT2D eigenvalue weighted by molar-refractivity contribution is 7.86. The molecule has 0 aromatic heterocycles. The number of rotatable bonds is 0. The molecule has 1 rings (SSSR count). The van der Waals surface area contributed by atoms with Crippen LogP contribution in [0.3, 0.4) is 0 Å². The van der Waals surface area contributed by atoms with Crippen molar-refractivity contribution >= 4 is 26.0 Å². The quantitative estimate of drug-likeness (QED) is 0.208. The van der Waals surface area contributed by atoms with Gasteiger partial charge < -0.3 is 18.1 Å². The number of quaternary nitrogens is 2. The third-order valence-electron chi connectivity index (χ3n) is 3.09. The maximum Gasteiger partial charge on any atom is 0.485 e. The van der Waals surface area contributed by atoms with Crippen molar-refractivity contribution in [3.63, 3.8) is 0 Å². The molecule has 0 aromatic carbocycles. The van der Waals surface area contributed by atoms with E-state index in [4.69, 9.17) is 25.9 Å². The van der Waals surface area contributed by atoms with Gasteiger partial charge in [0.05, 0.1) is 28.2 Å². The Hall–Kier alpha value is -1.01. The summed E-state index contributed by atoms with van der Waals surface area (Å²) >= 11 is 0. The Morgan fingerprint density at radius 3 is 1.04 bits per heavy atom. The minimum Gasteiger partial charge on any atom is -0.741 e. The smallest absolute Gasteiger partial charge is 0.485 e. The van der Waals surface area contributed by atoms with Crippen LogP contribution >= 0.6 is 0 Å². The van der Waals surface area contributed by atoms with Gasteiger partial charge in [0.1, 0.15) is 26.2 Å². The van der Waals surface area contributed by atoms with Crippen LogP contribution in [0.25, 0.3) is 0 Å². The number of halogens is 6. The molecule has 1 fully saturated rings. The third-order valence-corrected chi connectivity index (χ3v) is 4.22. The van der Waals surface area contributed by atoms with Gasteiger partial charge >= 0.3 is 11.0 Å². The van der Waals surface area contributed by atoms with Crippen LogP contribution in [0.5, 0.6) is 0 Å². The SMILES string of the molecule is C[N+]1(C)CC[N+](C)(C)CC(=O)C1.O=S(=O)([O-])C(F)(F)F.O=S(=O)([O-])C(F)(F)F. The molecule has 28 heavy (non-hydrogen) atoms. The molecule has 1 heterocycles. The predicted molar refractivity (Wildman–Crippen MR) is 80.2 cm³/mol. The van der Waals surface area contributed by atoms with Gasteiger partial charge in [-0.05, 0) is 0 Å². The molecule has 0 saturated carbocycles. The van der Waals surface area contributed by atoms with E-state index in [1.54, 1.807) is 0 Å². The zero-order chi connectivity index (χ0) is 23.4. The standard InChI is InChI=1S/C9H20N2O.2CHF3O3S/c1-10(2)5-6-11(3,4)8-9(12)7-10;2*2-1(3,4)8(5,6)7/h5-8H2,1-4H3;2*(H,5,6,7)/q+2;;/p-2. The van der Waals surface area contributed by atoms with Crippen LogP contribution in [-0.4, -0.2) is 106 Å². The predicted octanol–water partition coefficient (Wildman–Crippen LogP) is -0.175. The molecule has 170 valence electrons. The maximum absolute atomic E-state index is 11.5. The van der Waals surface area contributed by atoms with E-state index in [1.807, 2.05) is 0 Å². The number of nitrogens with zero attached hydrogens (tertiary/aromatic N) is 2. The van der Waals surface area contributed by atoms with Crippen molar-refractivity contribution < 1.29 is 66.0 Å². The van der Waals surface area contributed by atoms with Gasteiger partial charge in [0.25, 0.3) is 0 Å². The average molecular weight is 470 g/mol. The monoisotopic (exact) mass is 470 g/mol. The van der Waals surface area contributed by atoms with Crippen molar-refractivity contribution in [1.82, 2.24) is 0 Å². The molecule has 0 spiro atoms. The lowest BCUT2D eigenvalue weighted by atomic mass is 10.3. The Labute approximate surface area is 158 Å². The van der Waals surface area contributed by atoms with Crippen LogP contribution in [0.4, 0.5) is 26.3 Å². The Bertz CT molecular complexity index is 680. The van der Waals surface area contributed by atoms with Crippen LogP contribution in [0.1, 0.15) is 0 Å². The van der Waals surface area contributed by atoms with E-state index < -0.39 is 31.3 Å². The fourth-order valence-electron chi connectivity index (χ4n) is 1.70. The van der Waals surface area contributed by atoms with Gasteiger partial charge in [-0.1, -0.05) is 0 Å². The number of alkyl halides is 6.